The molecule has 1 amide bonds. The molecule has 5 heterocycles. The molecular weight excluding hydrogens is 529 g/mol. The molecule has 6 rings (SSSR count). The summed E-state index contributed by atoms with van der Waals surface area (Å²) in [4.78, 5) is 33.7. The maximum Gasteiger partial charge on any atom is 0.225 e. The van der Waals surface area contributed by atoms with E-state index in [1.165, 1.54) is 23.5 Å². The number of anilines is 3. The number of pyridine rings is 1. The summed E-state index contributed by atoms with van der Waals surface area (Å²) in [5.41, 5.74) is 4.65. The van der Waals surface area contributed by atoms with Gasteiger partial charge < -0.3 is 15.1 Å². The molecule has 1 aliphatic rings. The standard InChI is InChI=1S/C28H24FN9OS/c1-3-22-26(36(2)28-35-25(23(10-30)40-28)17-4-7-20(29)8-5-17)38-13-18(6-9-24(38)34-22)19-11-31-27(32-12-19)37-14-21(15-37)33-16-39/h4-9,11-13,16,21H,3,14-15H2,1-2H3,(H,33,39). The van der Waals surface area contributed by atoms with Crippen LogP contribution in [0, 0.1) is 17.1 Å². The van der Waals surface area contributed by atoms with Gasteiger partial charge in [-0.15, -0.1) is 0 Å². The molecule has 1 aromatic carbocycles. The lowest BCUT2D eigenvalue weighted by Crippen LogP contribution is -2.58. The molecule has 0 bridgehead atoms. The predicted octanol–water partition coefficient (Wildman–Crippen LogP) is 4.19. The summed E-state index contributed by atoms with van der Waals surface area (Å²) in [6.07, 6.45) is 7.00. The maximum atomic E-state index is 13.5. The van der Waals surface area contributed by atoms with Crippen molar-refractivity contribution in [2.75, 3.05) is 29.9 Å². The average molecular weight is 554 g/mol. The second kappa shape index (κ2) is 10.3. The van der Waals surface area contributed by atoms with Crippen molar-refractivity contribution in [1.82, 2.24) is 29.7 Å². The van der Waals surface area contributed by atoms with Gasteiger partial charge in [0.05, 0.1) is 11.7 Å². The molecule has 10 nitrogen and oxygen atoms in total. The summed E-state index contributed by atoms with van der Waals surface area (Å²) in [7, 11) is 1.90. The van der Waals surface area contributed by atoms with Gasteiger partial charge in [0, 0.05) is 55.4 Å². The van der Waals surface area contributed by atoms with Crippen LogP contribution < -0.4 is 15.1 Å². The fourth-order valence-corrected chi connectivity index (χ4v) is 5.59. The second-order valence-electron chi connectivity index (χ2n) is 9.39. The quantitative estimate of drug-likeness (QED) is 0.285. The number of nitrogens with zero attached hydrogens (tertiary/aromatic N) is 8. The Morgan fingerprint density at radius 2 is 1.85 bits per heavy atom. The van der Waals surface area contributed by atoms with Gasteiger partial charge in [0.15, 0.2) is 5.13 Å². The summed E-state index contributed by atoms with van der Waals surface area (Å²) >= 11 is 1.28. The van der Waals surface area contributed by atoms with Gasteiger partial charge in [-0.3, -0.25) is 9.20 Å². The highest BCUT2D eigenvalue weighted by Gasteiger charge is 2.28. The molecule has 1 aliphatic heterocycles. The number of aromatic nitrogens is 5. The monoisotopic (exact) mass is 553 g/mol. The Hall–Kier alpha value is -4.89. The highest BCUT2D eigenvalue weighted by molar-refractivity contribution is 7.16. The Kier molecular flexibility index (Phi) is 6.57. The van der Waals surface area contributed by atoms with E-state index in [-0.39, 0.29) is 11.9 Å². The summed E-state index contributed by atoms with van der Waals surface area (Å²) in [5.74, 6) is 1.12. The van der Waals surface area contributed by atoms with E-state index in [4.69, 9.17) is 9.97 Å². The van der Waals surface area contributed by atoms with Crippen LogP contribution in [0.1, 0.15) is 17.5 Å². The summed E-state index contributed by atoms with van der Waals surface area (Å²) in [6.45, 7) is 3.41. The molecule has 1 fully saturated rings. The van der Waals surface area contributed by atoms with Gasteiger partial charge in [0.25, 0.3) is 0 Å². The number of nitriles is 1. The van der Waals surface area contributed by atoms with Crippen molar-refractivity contribution in [3.05, 3.63) is 71.4 Å². The number of imidazole rings is 1. The number of rotatable bonds is 8. The average Bonchev–Trinajstić information content (AvgIpc) is 3.56. The summed E-state index contributed by atoms with van der Waals surface area (Å²) in [6, 6.07) is 12.3. The molecule has 200 valence electrons. The normalized spacial score (nSPS) is 13.2. The minimum absolute atomic E-state index is 0.126. The van der Waals surface area contributed by atoms with E-state index in [0.29, 0.717) is 46.7 Å². The Labute approximate surface area is 233 Å². The molecule has 0 spiro atoms. The third-order valence-corrected chi connectivity index (χ3v) is 7.91. The van der Waals surface area contributed by atoms with Crippen molar-refractivity contribution in [2.24, 2.45) is 0 Å². The van der Waals surface area contributed by atoms with Gasteiger partial charge in [-0.25, -0.2) is 24.3 Å². The first-order chi connectivity index (χ1) is 19.5. The van der Waals surface area contributed by atoms with Crippen molar-refractivity contribution < 1.29 is 9.18 Å². The molecule has 40 heavy (non-hydrogen) atoms. The van der Waals surface area contributed by atoms with Crippen LogP contribution in [0.3, 0.4) is 0 Å². The van der Waals surface area contributed by atoms with Crippen LogP contribution in [-0.2, 0) is 11.2 Å². The molecule has 5 aromatic rings. The molecule has 12 heteroatoms. The maximum absolute atomic E-state index is 13.5. The van der Waals surface area contributed by atoms with Gasteiger partial charge in [-0.05, 0) is 42.8 Å². The lowest BCUT2D eigenvalue weighted by atomic mass is 10.1. The van der Waals surface area contributed by atoms with Crippen molar-refractivity contribution in [2.45, 2.75) is 19.4 Å². The topological polar surface area (TPSA) is 115 Å². The van der Waals surface area contributed by atoms with Crippen LogP contribution >= 0.6 is 11.3 Å². The number of hydrogen-bond acceptors (Lipinski definition) is 9. The minimum Gasteiger partial charge on any atom is -0.352 e. The number of carbonyl (C=O) groups is 1. The number of aryl methyl sites for hydroxylation is 1. The Morgan fingerprint density at radius 3 is 2.52 bits per heavy atom. The van der Waals surface area contributed by atoms with Gasteiger partial charge in [0.1, 0.15) is 33.9 Å². The SMILES string of the molecule is CCc1nc2ccc(-c3cnc(N4CC(NC=O)C4)nc3)cn2c1N(C)c1nc(-c2ccc(F)cc2)c(C#N)s1. The number of nitrogens with one attached hydrogen (secondary N) is 1. The third kappa shape index (κ3) is 4.50. The number of thiazole rings is 1. The molecule has 4 aromatic heterocycles. The predicted molar refractivity (Wildman–Crippen MR) is 151 cm³/mol. The van der Waals surface area contributed by atoms with Gasteiger partial charge in [0.2, 0.25) is 12.4 Å². The largest absolute Gasteiger partial charge is 0.352 e. The van der Waals surface area contributed by atoms with Crippen LogP contribution in [-0.4, -0.2) is 56.9 Å². The van der Waals surface area contributed by atoms with E-state index in [1.54, 1.807) is 24.5 Å². The van der Waals surface area contributed by atoms with Crippen LogP contribution in [0.5, 0.6) is 0 Å². The number of halogens is 1. The molecule has 1 N–H and O–H groups in total. The van der Waals surface area contributed by atoms with Crippen LogP contribution in [0.2, 0.25) is 0 Å². The van der Waals surface area contributed by atoms with Gasteiger partial charge in [-0.1, -0.05) is 18.3 Å². The highest BCUT2D eigenvalue weighted by Crippen LogP contribution is 2.37. The van der Waals surface area contributed by atoms with Crippen LogP contribution in [0.4, 0.5) is 21.3 Å². The molecule has 0 saturated carbocycles. The van der Waals surface area contributed by atoms with Gasteiger partial charge >= 0.3 is 0 Å². The van der Waals surface area contributed by atoms with Crippen molar-refractivity contribution >= 4 is 40.3 Å². The second-order valence-corrected chi connectivity index (χ2v) is 10.4. The Bertz CT molecular complexity index is 1740. The lowest BCUT2D eigenvalue weighted by Gasteiger charge is -2.38. The number of benzene rings is 1. The summed E-state index contributed by atoms with van der Waals surface area (Å²) < 4.78 is 15.5. The van der Waals surface area contributed by atoms with E-state index < -0.39 is 0 Å². The molecule has 0 radical (unpaired) electrons. The number of carbonyl (C=O) groups excluding carboxylic acids is 1. The zero-order chi connectivity index (χ0) is 27.8. The van der Waals surface area contributed by atoms with Gasteiger partial charge in [-0.2, -0.15) is 5.26 Å². The van der Waals surface area contributed by atoms with E-state index in [2.05, 4.69) is 21.4 Å². The minimum atomic E-state index is -0.343. The molecule has 0 aliphatic carbocycles. The molecule has 0 unspecified atom stereocenters. The first kappa shape index (κ1) is 25.4. The first-order valence-corrected chi connectivity index (χ1v) is 13.5. The molecular formula is C28H24FN9OS. The first-order valence-electron chi connectivity index (χ1n) is 12.7. The van der Waals surface area contributed by atoms with Crippen molar-refractivity contribution in [3.8, 4) is 28.5 Å². The zero-order valence-electron chi connectivity index (χ0n) is 21.7. The molecule has 0 atom stereocenters. The fraction of sp³-hybridized carbons (Fsp3) is 0.214. The number of fused-ring (bicyclic) bond motifs is 1. The third-order valence-electron chi connectivity index (χ3n) is 6.88. The number of amides is 1. The smallest absolute Gasteiger partial charge is 0.225 e. The highest BCUT2D eigenvalue weighted by atomic mass is 32.1. The van der Waals surface area contributed by atoms with Crippen LogP contribution in [0.25, 0.3) is 28.0 Å². The van der Waals surface area contributed by atoms with E-state index >= 15 is 0 Å². The van der Waals surface area contributed by atoms with Crippen LogP contribution in [0.15, 0.2) is 55.0 Å². The van der Waals surface area contributed by atoms with E-state index in [1.807, 2.05) is 46.5 Å². The number of hydrogen-bond donors (Lipinski definition) is 1. The van der Waals surface area contributed by atoms with Crippen molar-refractivity contribution in [1.29, 1.82) is 5.26 Å². The molecule has 1 saturated heterocycles. The Morgan fingerprint density at radius 1 is 1.12 bits per heavy atom. The summed E-state index contributed by atoms with van der Waals surface area (Å²) in [5, 5.41) is 13.2. The fourth-order valence-electron chi connectivity index (χ4n) is 4.74. The Balaban J connectivity index is 1.33. The van der Waals surface area contributed by atoms with E-state index in [9.17, 15) is 14.4 Å². The van der Waals surface area contributed by atoms with Crippen molar-refractivity contribution in [3.63, 3.8) is 0 Å². The zero-order valence-corrected chi connectivity index (χ0v) is 22.6. The lowest BCUT2D eigenvalue weighted by molar-refractivity contribution is -0.110. The van der Waals surface area contributed by atoms with E-state index in [0.717, 1.165) is 34.7 Å².